The van der Waals surface area contributed by atoms with E-state index in [1.165, 1.54) is 11.3 Å². The zero-order chi connectivity index (χ0) is 13.2. The minimum atomic E-state index is 0.347. The van der Waals surface area contributed by atoms with Gasteiger partial charge in [-0.2, -0.15) is 5.26 Å². The average molecular weight is 287 g/mol. The van der Waals surface area contributed by atoms with E-state index in [4.69, 9.17) is 16.9 Å². The topological polar surface area (TPSA) is 61.6 Å². The Morgan fingerprint density at radius 1 is 1.32 bits per heavy atom. The van der Waals surface area contributed by atoms with Crippen molar-refractivity contribution in [1.29, 1.82) is 5.26 Å². The normalized spacial score (nSPS) is 10.3. The van der Waals surface area contributed by atoms with Gasteiger partial charge in [-0.05, 0) is 30.3 Å². The number of benzene rings is 1. The number of hydrogen-bond donors (Lipinski definition) is 1. The van der Waals surface area contributed by atoms with Crippen molar-refractivity contribution in [1.82, 2.24) is 9.97 Å². The summed E-state index contributed by atoms with van der Waals surface area (Å²) in [4.78, 5) is 8.43. The Bertz CT molecular complexity index is 791. The summed E-state index contributed by atoms with van der Waals surface area (Å²) in [5, 5.41) is 13.5. The highest BCUT2D eigenvalue weighted by molar-refractivity contribution is 7.22. The summed E-state index contributed by atoms with van der Waals surface area (Å²) >= 11 is 7.42. The molecule has 3 rings (SSSR count). The second-order valence-electron chi connectivity index (χ2n) is 3.77. The standard InChI is InChI=1S/C13H7ClN4S/c14-8-3-4-10-12(6-8)19-13(18-10)17-9-2-1-5-16-11(9)7-15/h1-6H,(H,17,18). The zero-order valence-corrected chi connectivity index (χ0v) is 11.2. The molecule has 3 aromatic rings. The van der Waals surface area contributed by atoms with Gasteiger partial charge in [0.1, 0.15) is 6.07 Å². The highest BCUT2D eigenvalue weighted by Gasteiger charge is 2.07. The number of pyridine rings is 1. The van der Waals surface area contributed by atoms with Crippen LogP contribution < -0.4 is 5.32 Å². The van der Waals surface area contributed by atoms with E-state index in [1.54, 1.807) is 24.4 Å². The molecule has 1 N–H and O–H groups in total. The third kappa shape index (κ3) is 2.36. The van der Waals surface area contributed by atoms with Gasteiger partial charge < -0.3 is 5.32 Å². The van der Waals surface area contributed by atoms with E-state index in [2.05, 4.69) is 15.3 Å². The number of nitrogens with one attached hydrogen (secondary N) is 1. The average Bonchev–Trinajstić information content (AvgIpc) is 2.80. The Morgan fingerprint density at radius 2 is 2.21 bits per heavy atom. The van der Waals surface area contributed by atoms with Crippen LogP contribution >= 0.6 is 22.9 Å². The molecule has 0 aliphatic carbocycles. The van der Waals surface area contributed by atoms with Gasteiger partial charge in [-0.3, -0.25) is 0 Å². The van der Waals surface area contributed by atoms with E-state index in [1.807, 2.05) is 18.2 Å². The summed E-state index contributed by atoms with van der Waals surface area (Å²) in [6, 6.07) is 11.2. The molecule has 0 spiro atoms. The fourth-order valence-corrected chi connectivity index (χ4v) is 2.82. The van der Waals surface area contributed by atoms with Crippen LogP contribution in [0.2, 0.25) is 5.02 Å². The number of hydrogen-bond acceptors (Lipinski definition) is 5. The van der Waals surface area contributed by atoms with Gasteiger partial charge in [-0.1, -0.05) is 22.9 Å². The molecule has 4 nitrogen and oxygen atoms in total. The maximum absolute atomic E-state index is 8.99. The second-order valence-corrected chi connectivity index (χ2v) is 5.23. The van der Waals surface area contributed by atoms with Crippen molar-refractivity contribution >= 4 is 44.0 Å². The molecule has 0 unspecified atom stereocenters. The van der Waals surface area contributed by atoms with Gasteiger partial charge in [0.05, 0.1) is 15.9 Å². The monoisotopic (exact) mass is 286 g/mol. The summed E-state index contributed by atoms with van der Waals surface area (Å²) < 4.78 is 0.998. The van der Waals surface area contributed by atoms with Gasteiger partial charge in [0.15, 0.2) is 10.8 Å². The number of nitriles is 1. The van der Waals surface area contributed by atoms with Crippen molar-refractivity contribution < 1.29 is 0 Å². The van der Waals surface area contributed by atoms with Crippen molar-refractivity contribution in [2.45, 2.75) is 0 Å². The number of thiazole rings is 1. The molecule has 1 aromatic carbocycles. The molecule has 0 saturated heterocycles. The Hall–Kier alpha value is -2.16. The first-order valence-corrected chi connectivity index (χ1v) is 6.64. The molecule has 19 heavy (non-hydrogen) atoms. The van der Waals surface area contributed by atoms with Gasteiger partial charge in [0.2, 0.25) is 0 Å². The van der Waals surface area contributed by atoms with Crippen LogP contribution in [0.5, 0.6) is 0 Å². The van der Waals surface area contributed by atoms with Gasteiger partial charge in [0, 0.05) is 11.2 Å². The minimum Gasteiger partial charge on any atom is -0.329 e. The van der Waals surface area contributed by atoms with E-state index in [0.29, 0.717) is 21.5 Å². The molecule has 6 heteroatoms. The van der Waals surface area contributed by atoms with Gasteiger partial charge in [-0.25, -0.2) is 9.97 Å². The quantitative estimate of drug-likeness (QED) is 0.774. The van der Waals surface area contributed by atoms with Crippen LogP contribution in [-0.2, 0) is 0 Å². The van der Waals surface area contributed by atoms with Crippen LogP contribution in [0.15, 0.2) is 36.5 Å². The van der Waals surface area contributed by atoms with Gasteiger partial charge in [-0.15, -0.1) is 0 Å². The molecular formula is C13H7ClN4S. The molecule has 2 heterocycles. The third-order valence-electron chi connectivity index (χ3n) is 2.51. The summed E-state index contributed by atoms with van der Waals surface area (Å²) in [6.07, 6.45) is 1.59. The molecule has 0 fully saturated rings. The number of fused-ring (bicyclic) bond motifs is 1. The first kappa shape index (κ1) is 11.9. The molecule has 0 aliphatic heterocycles. The Labute approximate surface area is 118 Å². The number of aromatic nitrogens is 2. The fraction of sp³-hybridized carbons (Fsp3) is 0. The van der Waals surface area contributed by atoms with Crippen LogP contribution in [0.1, 0.15) is 5.69 Å². The molecule has 0 saturated carbocycles. The fourth-order valence-electron chi connectivity index (χ4n) is 1.66. The van der Waals surface area contributed by atoms with E-state index < -0.39 is 0 Å². The van der Waals surface area contributed by atoms with E-state index in [9.17, 15) is 0 Å². The molecule has 0 bridgehead atoms. The molecule has 0 aliphatic rings. The maximum Gasteiger partial charge on any atom is 0.188 e. The maximum atomic E-state index is 8.99. The predicted octanol–water partition coefficient (Wildman–Crippen LogP) is 3.96. The molecule has 2 aromatic heterocycles. The molecular weight excluding hydrogens is 280 g/mol. The first-order chi connectivity index (χ1) is 9.26. The smallest absolute Gasteiger partial charge is 0.188 e. The Morgan fingerprint density at radius 3 is 3.05 bits per heavy atom. The van der Waals surface area contributed by atoms with Crippen molar-refractivity contribution in [3.8, 4) is 6.07 Å². The van der Waals surface area contributed by atoms with Gasteiger partial charge in [0.25, 0.3) is 0 Å². The molecule has 0 radical (unpaired) electrons. The Kier molecular flexibility index (Phi) is 3.03. The largest absolute Gasteiger partial charge is 0.329 e. The lowest BCUT2D eigenvalue weighted by atomic mass is 10.3. The number of rotatable bonds is 2. The van der Waals surface area contributed by atoms with E-state index in [0.717, 1.165) is 10.2 Å². The highest BCUT2D eigenvalue weighted by atomic mass is 35.5. The van der Waals surface area contributed by atoms with Crippen LogP contribution in [0.25, 0.3) is 10.2 Å². The third-order valence-corrected chi connectivity index (χ3v) is 3.67. The summed E-state index contributed by atoms with van der Waals surface area (Å²) in [5.74, 6) is 0. The van der Waals surface area contributed by atoms with Gasteiger partial charge >= 0.3 is 0 Å². The second kappa shape index (κ2) is 4.84. The van der Waals surface area contributed by atoms with Crippen molar-refractivity contribution in [2.24, 2.45) is 0 Å². The Balaban J connectivity index is 1.99. The summed E-state index contributed by atoms with van der Waals surface area (Å²) in [6.45, 7) is 0. The highest BCUT2D eigenvalue weighted by Crippen LogP contribution is 2.30. The van der Waals surface area contributed by atoms with Crippen LogP contribution in [0, 0.1) is 11.3 Å². The number of nitrogens with zero attached hydrogens (tertiary/aromatic N) is 3. The lowest BCUT2D eigenvalue weighted by Crippen LogP contribution is -1.94. The number of anilines is 2. The first-order valence-electron chi connectivity index (χ1n) is 5.44. The molecule has 0 atom stereocenters. The lowest BCUT2D eigenvalue weighted by molar-refractivity contribution is 1.26. The van der Waals surface area contributed by atoms with Crippen LogP contribution in [-0.4, -0.2) is 9.97 Å². The molecule has 0 amide bonds. The number of halogens is 1. The summed E-state index contributed by atoms with van der Waals surface area (Å²) in [7, 11) is 0. The molecule has 92 valence electrons. The van der Waals surface area contributed by atoms with Crippen LogP contribution in [0.4, 0.5) is 10.8 Å². The van der Waals surface area contributed by atoms with Crippen molar-refractivity contribution in [3.05, 3.63) is 47.2 Å². The predicted molar refractivity (Wildman–Crippen MR) is 76.9 cm³/mol. The summed E-state index contributed by atoms with van der Waals surface area (Å²) in [5.41, 5.74) is 1.87. The minimum absolute atomic E-state index is 0.347. The van der Waals surface area contributed by atoms with E-state index >= 15 is 0 Å². The lowest BCUT2D eigenvalue weighted by Gasteiger charge is -2.02. The van der Waals surface area contributed by atoms with Crippen molar-refractivity contribution in [2.75, 3.05) is 5.32 Å². The van der Waals surface area contributed by atoms with Crippen LogP contribution in [0.3, 0.4) is 0 Å². The zero-order valence-electron chi connectivity index (χ0n) is 9.59. The van der Waals surface area contributed by atoms with Crippen molar-refractivity contribution in [3.63, 3.8) is 0 Å². The van der Waals surface area contributed by atoms with E-state index in [-0.39, 0.29) is 0 Å². The SMILES string of the molecule is N#Cc1ncccc1Nc1nc2ccc(Cl)cc2s1.